The van der Waals surface area contributed by atoms with Crippen molar-refractivity contribution in [3.63, 3.8) is 0 Å². The van der Waals surface area contributed by atoms with Crippen LogP contribution in [0.15, 0.2) is 18.2 Å². The summed E-state index contributed by atoms with van der Waals surface area (Å²) in [7, 11) is 4.29. The summed E-state index contributed by atoms with van der Waals surface area (Å²) in [6, 6.07) is 8.04. The highest BCUT2D eigenvalue weighted by Crippen LogP contribution is 2.18. The number of hydrogen-bond acceptors (Lipinski definition) is 5. The average Bonchev–Trinajstić information content (AvgIpc) is 2.40. The fourth-order valence-electron chi connectivity index (χ4n) is 2.36. The van der Waals surface area contributed by atoms with E-state index in [2.05, 4.69) is 35.3 Å². The zero-order valence-corrected chi connectivity index (χ0v) is 11.6. The van der Waals surface area contributed by atoms with Crippen LogP contribution in [0.5, 0.6) is 0 Å². The fourth-order valence-corrected chi connectivity index (χ4v) is 2.36. The molecule has 0 saturated carbocycles. The van der Waals surface area contributed by atoms with E-state index in [9.17, 15) is 0 Å². The number of hydrogen-bond donors (Lipinski definition) is 2. The molecule has 5 heteroatoms. The molecule has 1 aromatic rings. The van der Waals surface area contributed by atoms with Gasteiger partial charge in [-0.05, 0) is 32.3 Å². The Balaban J connectivity index is 2.00. The van der Waals surface area contributed by atoms with Crippen LogP contribution in [0.3, 0.4) is 0 Å². The minimum atomic E-state index is 0.461. The van der Waals surface area contributed by atoms with Crippen molar-refractivity contribution >= 4 is 11.4 Å². The molecule has 1 atom stereocenters. The summed E-state index contributed by atoms with van der Waals surface area (Å²) in [5.41, 5.74) is 7.77. The summed E-state index contributed by atoms with van der Waals surface area (Å²) in [6.07, 6.45) is 0. The maximum absolute atomic E-state index is 9.11. The first-order valence-corrected chi connectivity index (χ1v) is 6.52. The van der Waals surface area contributed by atoms with Gasteiger partial charge in [-0.25, -0.2) is 0 Å². The molecule has 1 fully saturated rings. The van der Waals surface area contributed by atoms with Crippen molar-refractivity contribution in [2.75, 3.05) is 51.3 Å². The maximum Gasteiger partial charge on any atom is 0.101 e. The molecule has 0 aliphatic carbocycles. The van der Waals surface area contributed by atoms with Gasteiger partial charge in [0, 0.05) is 37.9 Å². The summed E-state index contributed by atoms with van der Waals surface area (Å²) in [4.78, 5) is 4.69. The van der Waals surface area contributed by atoms with Gasteiger partial charge in [-0.2, -0.15) is 5.26 Å². The predicted molar refractivity (Wildman–Crippen MR) is 78.0 cm³/mol. The van der Waals surface area contributed by atoms with Gasteiger partial charge in [0.25, 0.3) is 0 Å². The highest BCUT2D eigenvalue weighted by Gasteiger charge is 2.21. The highest BCUT2D eigenvalue weighted by molar-refractivity contribution is 5.63. The largest absolute Gasteiger partial charge is 0.399 e. The second-order valence-corrected chi connectivity index (χ2v) is 5.19. The van der Waals surface area contributed by atoms with Crippen LogP contribution >= 0.6 is 0 Å². The fraction of sp³-hybridized carbons (Fsp3) is 0.500. The molecule has 5 nitrogen and oxygen atoms in total. The number of likely N-dealkylation sites (N-methyl/N-ethyl adjacent to an activating group) is 2. The van der Waals surface area contributed by atoms with E-state index in [1.165, 1.54) is 0 Å². The van der Waals surface area contributed by atoms with Crippen molar-refractivity contribution in [2.45, 2.75) is 6.04 Å². The number of nitrogen functional groups attached to an aromatic ring is 1. The lowest BCUT2D eigenvalue weighted by atomic mass is 10.1. The average molecular weight is 259 g/mol. The molecule has 1 aliphatic heterocycles. The molecule has 1 aromatic carbocycles. The van der Waals surface area contributed by atoms with E-state index < -0.39 is 0 Å². The number of nitrogens with one attached hydrogen (secondary N) is 1. The maximum atomic E-state index is 9.11. The van der Waals surface area contributed by atoms with E-state index in [0.717, 1.165) is 31.9 Å². The smallest absolute Gasteiger partial charge is 0.101 e. The quantitative estimate of drug-likeness (QED) is 0.786. The Morgan fingerprint density at radius 2 is 2.21 bits per heavy atom. The molecule has 2 rings (SSSR count). The Morgan fingerprint density at radius 3 is 2.95 bits per heavy atom. The molecule has 19 heavy (non-hydrogen) atoms. The van der Waals surface area contributed by atoms with Crippen LogP contribution < -0.4 is 11.1 Å². The third kappa shape index (κ3) is 3.37. The number of piperazine rings is 1. The third-order valence-electron chi connectivity index (χ3n) is 3.67. The summed E-state index contributed by atoms with van der Waals surface area (Å²) < 4.78 is 0. The lowest BCUT2D eigenvalue weighted by Gasteiger charge is -2.37. The zero-order chi connectivity index (χ0) is 13.8. The molecule has 102 valence electrons. The Hall–Kier alpha value is -1.77. The van der Waals surface area contributed by atoms with Gasteiger partial charge in [0.2, 0.25) is 0 Å². The third-order valence-corrected chi connectivity index (χ3v) is 3.67. The number of rotatable bonds is 3. The van der Waals surface area contributed by atoms with Gasteiger partial charge in [-0.3, -0.25) is 4.90 Å². The number of benzene rings is 1. The minimum Gasteiger partial charge on any atom is -0.399 e. The van der Waals surface area contributed by atoms with Gasteiger partial charge in [-0.15, -0.1) is 0 Å². The monoisotopic (exact) mass is 259 g/mol. The Morgan fingerprint density at radius 1 is 1.42 bits per heavy atom. The number of anilines is 2. The number of nitrogens with zero attached hydrogens (tertiary/aromatic N) is 3. The van der Waals surface area contributed by atoms with Crippen LogP contribution in [-0.4, -0.2) is 56.1 Å². The molecule has 1 saturated heterocycles. The van der Waals surface area contributed by atoms with Gasteiger partial charge in [0.1, 0.15) is 6.07 Å². The van der Waals surface area contributed by atoms with Gasteiger partial charge in [0.15, 0.2) is 0 Å². The summed E-state index contributed by atoms with van der Waals surface area (Å²) >= 11 is 0. The van der Waals surface area contributed by atoms with Crippen LogP contribution in [0.25, 0.3) is 0 Å². The molecule has 1 heterocycles. The summed E-state index contributed by atoms with van der Waals surface area (Å²) in [5.74, 6) is 0. The number of nitrogens with two attached hydrogens (primary N) is 1. The van der Waals surface area contributed by atoms with Crippen LogP contribution in [0.4, 0.5) is 11.4 Å². The summed E-state index contributed by atoms with van der Waals surface area (Å²) in [6.45, 7) is 4.06. The number of nitriles is 1. The van der Waals surface area contributed by atoms with Crippen molar-refractivity contribution in [3.05, 3.63) is 23.8 Å². The highest BCUT2D eigenvalue weighted by atomic mass is 15.3. The molecule has 1 unspecified atom stereocenters. The van der Waals surface area contributed by atoms with Crippen LogP contribution in [0.2, 0.25) is 0 Å². The van der Waals surface area contributed by atoms with Crippen molar-refractivity contribution in [1.82, 2.24) is 9.80 Å². The second kappa shape index (κ2) is 5.91. The van der Waals surface area contributed by atoms with Crippen molar-refractivity contribution in [1.29, 1.82) is 5.26 Å². The van der Waals surface area contributed by atoms with Crippen LogP contribution in [0.1, 0.15) is 5.56 Å². The van der Waals surface area contributed by atoms with E-state index in [4.69, 9.17) is 11.0 Å². The van der Waals surface area contributed by atoms with E-state index in [1.54, 1.807) is 6.07 Å². The Kier molecular flexibility index (Phi) is 4.25. The first-order valence-electron chi connectivity index (χ1n) is 6.52. The van der Waals surface area contributed by atoms with Crippen LogP contribution in [0, 0.1) is 11.3 Å². The van der Waals surface area contributed by atoms with E-state index >= 15 is 0 Å². The second-order valence-electron chi connectivity index (χ2n) is 5.19. The predicted octanol–water partition coefficient (Wildman–Crippen LogP) is 0.798. The summed E-state index contributed by atoms with van der Waals surface area (Å²) in [5, 5.41) is 12.5. The first kappa shape index (κ1) is 13.7. The topological polar surface area (TPSA) is 68.3 Å². The zero-order valence-electron chi connectivity index (χ0n) is 11.6. The molecule has 0 amide bonds. The molecule has 3 N–H and O–H groups in total. The van der Waals surface area contributed by atoms with Crippen molar-refractivity contribution in [3.8, 4) is 6.07 Å². The van der Waals surface area contributed by atoms with Gasteiger partial charge in [-0.1, -0.05) is 0 Å². The molecular formula is C14H21N5. The Bertz CT molecular complexity index is 479. The SMILES string of the molecule is CN1CCN(C)C(CNc2ccc(N)cc2C#N)C1. The lowest BCUT2D eigenvalue weighted by molar-refractivity contribution is 0.122. The van der Waals surface area contributed by atoms with E-state index in [1.807, 2.05) is 12.1 Å². The van der Waals surface area contributed by atoms with Gasteiger partial charge < -0.3 is 16.0 Å². The molecule has 0 spiro atoms. The first-order chi connectivity index (χ1) is 9.10. The van der Waals surface area contributed by atoms with Crippen molar-refractivity contribution < 1.29 is 0 Å². The molecule has 0 aromatic heterocycles. The molecular weight excluding hydrogens is 238 g/mol. The molecule has 0 radical (unpaired) electrons. The molecule has 0 bridgehead atoms. The van der Waals surface area contributed by atoms with Gasteiger partial charge >= 0.3 is 0 Å². The van der Waals surface area contributed by atoms with E-state index in [0.29, 0.717) is 17.3 Å². The van der Waals surface area contributed by atoms with Crippen molar-refractivity contribution in [2.24, 2.45) is 0 Å². The minimum absolute atomic E-state index is 0.461. The Labute approximate surface area is 114 Å². The van der Waals surface area contributed by atoms with E-state index in [-0.39, 0.29) is 0 Å². The van der Waals surface area contributed by atoms with Gasteiger partial charge in [0.05, 0.1) is 11.3 Å². The van der Waals surface area contributed by atoms with Crippen LogP contribution in [-0.2, 0) is 0 Å². The standard InChI is InChI=1S/C14H21N5/c1-18-5-6-19(2)13(10-18)9-17-14-4-3-12(16)7-11(14)8-15/h3-4,7,13,17H,5-6,9-10,16H2,1-2H3. The molecule has 1 aliphatic rings. The lowest BCUT2D eigenvalue weighted by Crippen LogP contribution is -2.52. The normalized spacial score (nSPS) is 21.0.